The Bertz CT molecular complexity index is 841. The minimum Gasteiger partial charge on any atom is -0.444 e. The van der Waals surface area contributed by atoms with Crippen LogP contribution < -0.4 is 0 Å². The molecule has 3 heterocycles. The summed E-state index contributed by atoms with van der Waals surface area (Å²) in [5.74, 6) is -0.474. The second-order valence-corrected chi connectivity index (χ2v) is 9.98. The van der Waals surface area contributed by atoms with Crippen LogP contribution >= 0.6 is 0 Å². The number of fused-ring (bicyclic) bond motifs is 1. The normalized spacial score (nSPS) is 29.4. The van der Waals surface area contributed by atoms with Gasteiger partial charge in [0.1, 0.15) is 17.4 Å². The van der Waals surface area contributed by atoms with Gasteiger partial charge < -0.3 is 9.84 Å². The van der Waals surface area contributed by atoms with Crippen molar-refractivity contribution in [3.05, 3.63) is 29.6 Å². The molecular formula is C22H31FN4O3. The summed E-state index contributed by atoms with van der Waals surface area (Å²) in [6.45, 7) is 9.08. The lowest BCUT2D eigenvalue weighted by atomic mass is 9.72. The first kappa shape index (κ1) is 21.0. The van der Waals surface area contributed by atoms with Gasteiger partial charge in [0, 0.05) is 24.2 Å². The van der Waals surface area contributed by atoms with Crippen molar-refractivity contribution < 1.29 is 19.0 Å². The summed E-state index contributed by atoms with van der Waals surface area (Å²) in [5.41, 5.74) is -0.763. The van der Waals surface area contributed by atoms with E-state index in [9.17, 15) is 9.90 Å². The van der Waals surface area contributed by atoms with Crippen LogP contribution in [0, 0.1) is 11.7 Å². The second-order valence-electron chi connectivity index (χ2n) is 9.98. The number of aliphatic hydroxyl groups is 1. The van der Waals surface area contributed by atoms with E-state index in [-0.39, 0.29) is 22.7 Å². The number of nitrogens with zero attached hydrogens (tertiary/aromatic N) is 4. The van der Waals surface area contributed by atoms with Crippen LogP contribution in [-0.4, -0.2) is 51.4 Å². The van der Waals surface area contributed by atoms with Gasteiger partial charge in [-0.2, -0.15) is 0 Å². The van der Waals surface area contributed by atoms with Crippen LogP contribution in [-0.2, 0) is 4.74 Å². The number of benzene rings is 1. The van der Waals surface area contributed by atoms with Gasteiger partial charge in [-0.3, -0.25) is 9.91 Å². The maximum atomic E-state index is 15.2. The van der Waals surface area contributed by atoms with Gasteiger partial charge >= 0.3 is 6.09 Å². The molecule has 7 nitrogen and oxygen atoms in total. The molecule has 0 aromatic heterocycles. The minimum atomic E-state index is -1.16. The highest BCUT2D eigenvalue weighted by Gasteiger charge is 2.63. The van der Waals surface area contributed by atoms with Crippen LogP contribution in [0.15, 0.2) is 28.5 Å². The molecule has 1 N–H and O–H groups in total. The van der Waals surface area contributed by atoms with E-state index in [1.165, 1.54) is 0 Å². The molecule has 0 unspecified atom stereocenters. The lowest BCUT2D eigenvalue weighted by Crippen LogP contribution is -2.49. The second kappa shape index (κ2) is 7.48. The molecule has 2 atom stereocenters. The van der Waals surface area contributed by atoms with E-state index in [2.05, 4.69) is 10.3 Å². The number of rotatable bonds is 4. The van der Waals surface area contributed by atoms with E-state index < -0.39 is 29.7 Å². The van der Waals surface area contributed by atoms with Gasteiger partial charge in [0.15, 0.2) is 5.82 Å². The minimum absolute atomic E-state index is 0.0961. The molecule has 1 saturated carbocycles. The maximum Gasteiger partial charge on any atom is 0.411 e. The molecule has 0 radical (unpaired) electrons. The maximum absolute atomic E-state index is 15.2. The molecular weight excluding hydrogens is 387 g/mol. The Morgan fingerprint density at radius 1 is 1.30 bits per heavy atom. The third kappa shape index (κ3) is 3.77. The van der Waals surface area contributed by atoms with Crippen molar-refractivity contribution in [3.63, 3.8) is 0 Å². The van der Waals surface area contributed by atoms with Gasteiger partial charge in [-0.25, -0.2) is 9.18 Å². The summed E-state index contributed by atoms with van der Waals surface area (Å²) in [6.07, 6.45) is 2.06. The van der Waals surface area contributed by atoms with Crippen molar-refractivity contribution in [1.82, 2.24) is 9.91 Å². The van der Waals surface area contributed by atoms with Gasteiger partial charge in [0.2, 0.25) is 0 Å². The third-order valence-electron chi connectivity index (χ3n) is 6.37. The first-order valence-electron chi connectivity index (χ1n) is 10.7. The van der Waals surface area contributed by atoms with E-state index in [1.54, 1.807) is 23.1 Å². The van der Waals surface area contributed by atoms with Crippen LogP contribution in [0.3, 0.4) is 0 Å². The molecule has 1 aromatic carbocycles. The lowest BCUT2D eigenvalue weighted by molar-refractivity contribution is -0.00944. The molecule has 2 bridgehead atoms. The van der Waals surface area contributed by atoms with E-state index >= 15 is 4.39 Å². The van der Waals surface area contributed by atoms with Gasteiger partial charge in [-0.15, -0.1) is 5.11 Å². The first-order chi connectivity index (χ1) is 14.1. The molecule has 30 heavy (non-hydrogen) atoms. The van der Waals surface area contributed by atoms with E-state index in [4.69, 9.17) is 4.74 Å². The Labute approximate surface area is 176 Å². The molecule has 4 aliphatic rings. The molecule has 4 fully saturated rings. The van der Waals surface area contributed by atoms with Gasteiger partial charge in [-0.1, -0.05) is 17.4 Å². The molecule has 5 rings (SSSR count). The SMILES string of the molecule is CC(C)(C)OC(=O)N1[C@H]([C@H](O)c2cccc(N=NN3CCCC3)c2F)C2CC1(C)C2. The summed E-state index contributed by atoms with van der Waals surface area (Å²) in [4.78, 5) is 14.5. The quantitative estimate of drug-likeness (QED) is 0.717. The molecule has 3 aliphatic heterocycles. The average molecular weight is 419 g/mol. The number of hydrogen-bond donors (Lipinski definition) is 1. The zero-order chi connectivity index (χ0) is 21.7. The number of carbonyl (C=O) groups excluding carboxylic acids is 1. The van der Waals surface area contributed by atoms with Gasteiger partial charge in [0.05, 0.1) is 6.04 Å². The predicted octanol–water partition coefficient (Wildman–Crippen LogP) is 4.74. The molecule has 1 amide bonds. The van der Waals surface area contributed by atoms with Crippen molar-refractivity contribution >= 4 is 11.8 Å². The molecule has 1 aliphatic carbocycles. The zero-order valence-corrected chi connectivity index (χ0v) is 18.1. The Morgan fingerprint density at radius 2 is 1.97 bits per heavy atom. The van der Waals surface area contributed by atoms with E-state index in [1.807, 2.05) is 32.7 Å². The van der Waals surface area contributed by atoms with E-state index in [0.29, 0.717) is 0 Å². The fraction of sp³-hybridized carbons (Fsp3) is 0.682. The highest BCUT2D eigenvalue weighted by Crippen LogP contribution is 2.57. The third-order valence-corrected chi connectivity index (χ3v) is 6.37. The topological polar surface area (TPSA) is 77.7 Å². The van der Waals surface area contributed by atoms with Crippen LogP contribution in [0.2, 0.25) is 0 Å². The summed E-state index contributed by atoms with van der Waals surface area (Å²) >= 11 is 0. The van der Waals surface area contributed by atoms with Crippen LogP contribution in [0.25, 0.3) is 0 Å². The van der Waals surface area contributed by atoms with Crippen molar-refractivity contribution in [2.75, 3.05) is 13.1 Å². The largest absolute Gasteiger partial charge is 0.444 e. The van der Waals surface area contributed by atoms with Crippen molar-refractivity contribution in [3.8, 4) is 0 Å². The zero-order valence-electron chi connectivity index (χ0n) is 18.1. The lowest BCUT2D eigenvalue weighted by Gasteiger charge is -2.39. The predicted molar refractivity (Wildman–Crippen MR) is 110 cm³/mol. The summed E-state index contributed by atoms with van der Waals surface area (Å²) in [7, 11) is 0. The van der Waals surface area contributed by atoms with Crippen LogP contribution in [0.4, 0.5) is 14.9 Å². The first-order valence-corrected chi connectivity index (χ1v) is 10.7. The van der Waals surface area contributed by atoms with Crippen molar-refractivity contribution in [2.45, 2.75) is 76.7 Å². The van der Waals surface area contributed by atoms with Crippen molar-refractivity contribution in [2.24, 2.45) is 16.3 Å². The Kier molecular flexibility index (Phi) is 5.24. The highest BCUT2D eigenvalue weighted by molar-refractivity contribution is 5.71. The van der Waals surface area contributed by atoms with Gasteiger partial charge in [0.25, 0.3) is 0 Å². The number of halogens is 1. The summed E-state index contributed by atoms with van der Waals surface area (Å²) in [6, 6.07) is 4.25. The number of ether oxygens (including phenoxy) is 1. The smallest absolute Gasteiger partial charge is 0.411 e. The molecule has 164 valence electrons. The summed E-state index contributed by atoms with van der Waals surface area (Å²) < 4.78 is 20.8. The number of aliphatic hydroxyl groups excluding tert-OH is 1. The monoisotopic (exact) mass is 418 g/mol. The fourth-order valence-electron chi connectivity index (χ4n) is 5.06. The standard InChI is InChI=1S/C22H31FN4O3/c1-21(2,3)30-20(29)27-18(14-12-22(27,4)13-14)19(28)15-8-7-9-16(17(15)23)24-25-26-10-5-6-11-26/h7-9,14,18-19,28H,5-6,10-13H2,1-4H3/t14?,18-,19+,22?/m0/s1. The average Bonchev–Trinajstić information content (AvgIpc) is 3.31. The number of carbonyl (C=O) groups is 1. The van der Waals surface area contributed by atoms with Crippen LogP contribution in [0.5, 0.6) is 0 Å². The Hall–Kier alpha value is -2.22. The molecule has 0 spiro atoms. The summed E-state index contributed by atoms with van der Waals surface area (Å²) in [5, 5.41) is 21.2. The molecule has 1 aromatic rings. The number of hydrogen-bond acceptors (Lipinski definition) is 5. The molecule has 3 saturated heterocycles. The Morgan fingerprint density at radius 3 is 2.60 bits per heavy atom. The van der Waals surface area contributed by atoms with Gasteiger partial charge in [-0.05, 0) is 65.4 Å². The molecule has 8 heteroatoms. The highest BCUT2D eigenvalue weighted by atomic mass is 19.1. The Balaban J connectivity index is 1.58. The van der Waals surface area contributed by atoms with Crippen LogP contribution in [0.1, 0.15) is 65.0 Å². The fourth-order valence-corrected chi connectivity index (χ4v) is 5.06. The number of amides is 1. The van der Waals surface area contributed by atoms with Crippen molar-refractivity contribution in [1.29, 1.82) is 0 Å². The van der Waals surface area contributed by atoms with E-state index in [0.717, 1.165) is 38.8 Å².